The fourth-order valence-corrected chi connectivity index (χ4v) is 10.3. The molecule has 2 aliphatic heterocycles. The third-order valence-corrected chi connectivity index (χ3v) is 14.9. The molecule has 0 unspecified atom stereocenters. The Labute approximate surface area is 369 Å². The number of phenolic OH excluding ortho intramolecular Hbond substituents is 1. The number of hydrogen-bond donors (Lipinski definition) is 3. The highest BCUT2D eigenvalue weighted by molar-refractivity contribution is 7.91. The molecule has 2 fully saturated rings. The maximum Gasteiger partial charge on any atom is 0.416 e. The summed E-state index contributed by atoms with van der Waals surface area (Å²) in [6.45, 7) is 5.68. The predicted octanol–water partition coefficient (Wildman–Crippen LogP) is 6.82. The van der Waals surface area contributed by atoms with Gasteiger partial charge in [-0.2, -0.15) is 36.5 Å². The maximum absolute atomic E-state index is 15.0. The number of nitrogens with zero attached hydrogens (tertiary/aromatic N) is 8. The number of halogens is 6. The van der Waals surface area contributed by atoms with Crippen molar-refractivity contribution < 1.29 is 48.3 Å². The first-order chi connectivity index (χ1) is 30.5. The van der Waals surface area contributed by atoms with E-state index < -0.39 is 73.0 Å². The quantitative estimate of drug-likeness (QED) is 0.121. The van der Waals surface area contributed by atoms with Gasteiger partial charge in [0.15, 0.2) is 31.3 Å². The van der Waals surface area contributed by atoms with Gasteiger partial charge in [0.1, 0.15) is 5.75 Å². The zero-order valence-electron chi connectivity index (χ0n) is 35.0. The highest BCUT2D eigenvalue weighted by Crippen LogP contribution is 2.41. The maximum atomic E-state index is 15.0. The van der Waals surface area contributed by atoms with Gasteiger partial charge in [-0.05, 0) is 68.3 Å². The molecular formula is C42H42F6N10O5S2. The Hall–Kier alpha value is -6.10. The van der Waals surface area contributed by atoms with Crippen molar-refractivity contribution in [2.24, 2.45) is 0 Å². The predicted molar refractivity (Wildman–Crippen MR) is 233 cm³/mol. The molecule has 4 aromatic heterocycles. The molecule has 65 heavy (non-hydrogen) atoms. The first kappa shape index (κ1) is 45.5. The summed E-state index contributed by atoms with van der Waals surface area (Å²) in [5.41, 5.74) is -0.138. The minimum atomic E-state index is -4.97. The van der Waals surface area contributed by atoms with E-state index in [-0.39, 0.29) is 88.5 Å². The van der Waals surface area contributed by atoms with Crippen molar-refractivity contribution in [3.63, 3.8) is 0 Å². The van der Waals surface area contributed by atoms with Crippen LogP contribution in [0.25, 0.3) is 21.8 Å². The molecule has 0 radical (unpaired) electrons. The smallest absolute Gasteiger partial charge is 0.416 e. The van der Waals surface area contributed by atoms with Gasteiger partial charge < -0.3 is 25.5 Å². The number of fused-ring (bicyclic) bond motifs is 2. The molecule has 2 saturated heterocycles. The molecule has 3 N–H and O–H groups in total. The van der Waals surface area contributed by atoms with Crippen LogP contribution in [0.3, 0.4) is 0 Å². The first-order valence-corrected chi connectivity index (χ1v) is 24.0. The molecule has 2 aliphatic rings. The molecule has 8 rings (SSSR count). The van der Waals surface area contributed by atoms with Gasteiger partial charge in [-0.1, -0.05) is 12.1 Å². The van der Waals surface area contributed by atoms with E-state index in [2.05, 4.69) is 41.0 Å². The normalized spacial score (nSPS) is 17.6. The Bertz CT molecular complexity index is 3020. The Morgan fingerprint density at radius 3 is 1.75 bits per heavy atom. The van der Waals surface area contributed by atoms with E-state index >= 15 is 13.2 Å². The topological polar surface area (TPSA) is 196 Å². The third-order valence-electron chi connectivity index (χ3n) is 11.7. The number of aromatic nitrogens is 6. The Kier molecular flexibility index (Phi) is 11.9. The van der Waals surface area contributed by atoms with Crippen molar-refractivity contribution >= 4 is 64.5 Å². The number of pyridine rings is 2. The number of sulfone groups is 2. The van der Waals surface area contributed by atoms with E-state index in [0.717, 1.165) is 18.2 Å². The van der Waals surface area contributed by atoms with E-state index in [1.165, 1.54) is 24.4 Å². The van der Waals surface area contributed by atoms with Crippen LogP contribution in [-0.4, -0.2) is 101 Å². The molecule has 0 bridgehead atoms. The van der Waals surface area contributed by atoms with Crippen LogP contribution in [0.2, 0.25) is 0 Å². The molecule has 2 aromatic carbocycles. The van der Waals surface area contributed by atoms with Crippen molar-refractivity contribution in [1.82, 2.24) is 30.4 Å². The van der Waals surface area contributed by atoms with Gasteiger partial charge in [0.25, 0.3) is 0 Å². The average molecular weight is 945 g/mol. The van der Waals surface area contributed by atoms with Crippen molar-refractivity contribution in [2.45, 2.75) is 51.6 Å². The van der Waals surface area contributed by atoms with Gasteiger partial charge >= 0.3 is 12.4 Å². The highest BCUT2D eigenvalue weighted by atomic mass is 32.2. The van der Waals surface area contributed by atoms with Crippen LogP contribution in [0, 0.1) is 6.92 Å². The van der Waals surface area contributed by atoms with Crippen LogP contribution in [0.1, 0.15) is 65.1 Å². The number of alkyl halides is 6. The molecule has 6 aromatic rings. The van der Waals surface area contributed by atoms with E-state index in [1.807, 2.05) is 4.90 Å². The number of hydrogen-bond acceptors (Lipinski definition) is 15. The SMILES string of the molecule is Cc1nnc(N[C@H](C)c2cc(O)c(Cc3nnc(N[C@H](C)c4cccc(C(F)(F)F)c4)c4cc(N5CCS(=O)(=O)CC5)cnc34)c(C(F)(F)F)c2)c2cc(N3CCS(=O)(=O)CC3)cnc12. The second kappa shape index (κ2) is 17.0. The summed E-state index contributed by atoms with van der Waals surface area (Å²) in [6.07, 6.45) is -7.13. The van der Waals surface area contributed by atoms with E-state index in [1.54, 1.807) is 44.0 Å². The summed E-state index contributed by atoms with van der Waals surface area (Å²) in [5, 5.41) is 35.3. The van der Waals surface area contributed by atoms with E-state index in [0.29, 0.717) is 28.0 Å². The average Bonchev–Trinajstić information content (AvgIpc) is 3.25. The van der Waals surface area contributed by atoms with E-state index in [4.69, 9.17) is 0 Å². The first-order valence-electron chi connectivity index (χ1n) is 20.4. The van der Waals surface area contributed by atoms with Gasteiger partial charge in [-0.25, -0.2) is 16.8 Å². The monoisotopic (exact) mass is 944 g/mol. The molecule has 15 nitrogen and oxygen atoms in total. The standard InChI is InChI=1S/C42H42F6N10O5S2/c1-23(26-5-4-6-28(15-26)41(43,44)45)51-40-33-19-30(58-9-13-65(62,63)14-10-58)22-50-38(33)35(54-56-40)20-31-34(42(46,47)48)16-27(17-36(31)59)24(2)52-39-32-18-29(21-49-37(32)25(3)53-55-39)57-7-11-64(60,61)12-8-57/h4-6,15-19,21-24,59H,7-14,20H2,1-3H3,(H,51,56)(H,52,55)/t23-,24-/m1/s1. The number of nitrogens with one attached hydrogen (secondary N) is 2. The minimum Gasteiger partial charge on any atom is -0.508 e. The summed E-state index contributed by atoms with van der Waals surface area (Å²) in [4.78, 5) is 12.8. The lowest BCUT2D eigenvalue weighted by Crippen LogP contribution is -2.40. The van der Waals surface area contributed by atoms with Crippen molar-refractivity contribution in [3.8, 4) is 5.75 Å². The summed E-state index contributed by atoms with van der Waals surface area (Å²) in [5.74, 6) is -0.726. The lowest BCUT2D eigenvalue weighted by atomic mass is 9.95. The van der Waals surface area contributed by atoms with E-state index in [9.17, 15) is 35.1 Å². The molecule has 0 aliphatic carbocycles. The number of phenols is 1. The largest absolute Gasteiger partial charge is 0.508 e. The molecular weight excluding hydrogens is 903 g/mol. The number of aromatic hydroxyl groups is 1. The number of aryl methyl sites for hydroxylation is 1. The highest BCUT2D eigenvalue weighted by Gasteiger charge is 2.37. The van der Waals surface area contributed by atoms with Gasteiger partial charge in [-0.3, -0.25) is 9.97 Å². The van der Waals surface area contributed by atoms with Gasteiger partial charge in [-0.15, -0.1) is 10.2 Å². The summed E-state index contributed by atoms with van der Waals surface area (Å²) in [6, 6.07) is 8.52. The zero-order chi connectivity index (χ0) is 46.6. The lowest BCUT2D eigenvalue weighted by Gasteiger charge is -2.29. The molecule has 0 amide bonds. The van der Waals surface area contributed by atoms with Crippen molar-refractivity contribution in [3.05, 3.63) is 100 Å². The third kappa shape index (κ3) is 9.80. The molecule has 6 heterocycles. The molecule has 0 saturated carbocycles. The second-order valence-corrected chi connectivity index (χ2v) is 20.8. The number of anilines is 4. The minimum absolute atomic E-state index is 0.0230. The molecule has 344 valence electrons. The Morgan fingerprint density at radius 2 is 1.20 bits per heavy atom. The van der Waals surface area contributed by atoms with Gasteiger partial charge in [0.05, 0.1) is 92.4 Å². The summed E-state index contributed by atoms with van der Waals surface area (Å²) in [7, 11) is -6.42. The van der Waals surface area contributed by atoms with Crippen LogP contribution in [0.4, 0.5) is 49.4 Å². The van der Waals surface area contributed by atoms with Crippen LogP contribution < -0.4 is 20.4 Å². The van der Waals surface area contributed by atoms with Crippen molar-refractivity contribution in [1.29, 1.82) is 0 Å². The van der Waals surface area contributed by atoms with Crippen LogP contribution >= 0.6 is 0 Å². The fraction of sp³-hybridized carbons (Fsp3) is 0.381. The molecule has 23 heteroatoms. The molecule has 2 atom stereocenters. The fourth-order valence-electron chi connectivity index (χ4n) is 7.94. The summed E-state index contributed by atoms with van der Waals surface area (Å²) < 4.78 is 134. The number of rotatable bonds is 10. The van der Waals surface area contributed by atoms with Gasteiger partial charge in [0, 0.05) is 48.9 Å². The van der Waals surface area contributed by atoms with Crippen molar-refractivity contribution in [2.75, 3.05) is 69.6 Å². The second-order valence-electron chi connectivity index (χ2n) is 16.2. The molecule has 0 spiro atoms. The van der Waals surface area contributed by atoms with Crippen LogP contribution in [0.15, 0.2) is 60.9 Å². The Balaban J connectivity index is 1.13. The van der Waals surface area contributed by atoms with Crippen LogP contribution in [0.5, 0.6) is 5.75 Å². The Morgan fingerprint density at radius 1 is 0.677 bits per heavy atom. The number of benzene rings is 2. The van der Waals surface area contributed by atoms with Gasteiger partial charge in [0.2, 0.25) is 0 Å². The van der Waals surface area contributed by atoms with Crippen LogP contribution in [-0.2, 0) is 38.4 Å². The lowest BCUT2D eigenvalue weighted by molar-refractivity contribution is -0.138. The summed E-state index contributed by atoms with van der Waals surface area (Å²) >= 11 is 0. The zero-order valence-corrected chi connectivity index (χ0v) is 36.7.